The minimum Gasteiger partial charge on any atom is -0.481 e. The number of rotatable bonds is 10. The number of fused-ring (bicyclic) bond motifs is 7. The Kier molecular flexibility index (Phi) is 11.1. The van der Waals surface area contributed by atoms with Crippen molar-refractivity contribution in [3.8, 4) is 0 Å². The number of nitrogens with one attached hydrogen (secondary N) is 2. The highest BCUT2D eigenvalue weighted by atomic mass is 16.6. The van der Waals surface area contributed by atoms with Gasteiger partial charge >= 0.3 is 18.0 Å². The van der Waals surface area contributed by atoms with Crippen LogP contribution < -0.4 is 10.6 Å². The van der Waals surface area contributed by atoms with Crippen molar-refractivity contribution in [2.45, 2.75) is 165 Å². The molecule has 53 heavy (non-hydrogen) atoms. The van der Waals surface area contributed by atoms with Crippen LogP contribution in [0.3, 0.4) is 0 Å². The molecule has 0 heterocycles. The number of esters is 1. The fourth-order valence-corrected chi connectivity index (χ4v) is 13.5. The van der Waals surface area contributed by atoms with Crippen LogP contribution in [-0.4, -0.2) is 53.8 Å². The topological polar surface area (TPSA) is 131 Å². The summed E-state index contributed by atoms with van der Waals surface area (Å²) in [4.78, 5) is 50.6. The van der Waals surface area contributed by atoms with Crippen molar-refractivity contribution >= 4 is 23.9 Å². The molecule has 0 saturated heterocycles. The SMILES string of the molecule is C=C(C)[C@@H]1CC[C@]2(CC(=O)NCCNC(=O)OC(C)(C)C)CC[C@]3(C)[C@H](CC[C@@H]4[C@@]5(C)CC[C@H](OC(=O)CC(C)(C)C(=O)O)C(C)(C)[C@@H]5CC[C@]43C)[C@@H]12. The maximum atomic E-state index is 13.6. The molecule has 0 unspecified atom stereocenters. The molecule has 5 aliphatic carbocycles. The molecule has 0 spiro atoms. The zero-order valence-corrected chi connectivity index (χ0v) is 35.0. The number of carboxylic acid groups (broad SMARTS) is 1. The standard InChI is InChI=1S/C44H72N2O7/c1-27(2)28-15-20-44(25-33(47)45-23-24-46-37(51)53-38(3,4)5)22-21-42(11)29(35(28)44)13-14-31-41(10)18-17-32(52-34(48)26-39(6,7)36(49)50)40(8,9)30(41)16-19-43(31,42)12/h28-32,35H,1,13-26H2,2-12H3,(H,45,47)(H,46,51)(H,49,50)/t28-,29+,30-,31+,32-,35+,41-,42+,43+,44+/m0/s1. The number of hydrogen-bond donors (Lipinski definition) is 3. The molecule has 5 fully saturated rings. The Hall–Kier alpha value is -2.58. The van der Waals surface area contributed by atoms with E-state index < -0.39 is 29.0 Å². The summed E-state index contributed by atoms with van der Waals surface area (Å²) in [6, 6.07) is 0. The first-order valence-electron chi connectivity index (χ1n) is 20.6. The molecule has 5 rings (SSSR count). The van der Waals surface area contributed by atoms with Crippen molar-refractivity contribution in [2.24, 2.45) is 62.1 Å². The Balaban J connectivity index is 1.32. The number of allylic oxidation sites excluding steroid dienone is 1. The van der Waals surface area contributed by atoms with Gasteiger partial charge in [0.25, 0.3) is 0 Å². The molecule has 3 N–H and O–H groups in total. The number of alkyl carbamates (subject to hydrolysis) is 1. The summed E-state index contributed by atoms with van der Waals surface area (Å²) in [6.07, 6.45) is 10.4. The predicted octanol–water partition coefficient (Wildman–Crippen LogP) is 9.09. The van der Waals surface area contributed by atoms with Crippen LogP contribution in [0.15, 0.2) is 12.2 Å². The van der Waals surface area contributed by atoms with Crippen molar-refractivity contribution in [2.75, 3.05) is 13.1 Å². The molecule has 0 aromatic heterocycles. The first-order chi connectivity index (χ1) is 24.3. The molecule has 0 aliphatic heterocycles. The number of carboxylic acids is 1. The molecule has 9 nitrogen and oxygen atoms in total. The number of carbonyl (C=O) groups is 4. The maximum Gasteiger partial charge on any atom is 0.407 e. The molecule has 10 atom stereocenters. The lowest BCUT2D eigenvalue weighted by molar-refractivity contribution is -0.250. The Morgan fingerprint density at radius 3 is 2.08 bits per heavy atom. The van der Waals surface area contributed by atoms with Gasteiger partial charge in [-0.15, -0.1) is 0 Å². The number of hydrogen-bond acceptors (Lipinski definition) is 6. The third kappa shape index (κ3) is 7.42. The van der Waals surface area contributed by atoms with Gasteiger partial charge in [-0.1, -0.05) is 46.8 Å². The summed E-state index contributed by atoms with van der Waals surface area (Å²) in [5.74, 6) is 0.997. The first-order valence-corrected chi connectivity index (χ1v) is 20.6. The third-order valence-electron chi connectivity index (χ3n) is 16.2. The molecule has 9 heteroatoms. The quantitative estimate of drug-likeness (QED) is 0.116. The summed E-state index contributed by atoms with van der Waals surface area (Å²) in [5, 5.41) is 15.5. The fraction of sp³-hybridized carbons (Fsp3) is 0.864. The number of ether oxygens (including phenoxy) is 2. The highest BCUT2D eigenvalue weighted by Crippen LogP contribution is 2.78. The van der Waals surface area contributed by atoms with E-state index in [2.05, 4.69) is 58.8 Å². The second kappa shape index (κ2) is 14.2. The van der Waals surface area contributed by atoms with E-state index in [9.17, 15) is 24.3 Å². The van der Waals surface area contributed by atoms with Gasteiger partial charge in [0.05, 0.1) is 11.8 Å². The maximum absolute atomic E-state index is 13.6. The van der Waals surface area contributed by atoms with Gasteiger partial charge in [-0.05, 0) is 157 Å². The van der Waals surface area contributed by atoms with Gasteiger partial charge in [-0.3, -0.25) is 14.4 Å². The highest BCUT2D eigenvalue weighted by Gasteiger charge is 2.71. The van der Waals surface area contributed by atoms with Crippen molar-refractivity contribution in [1.82, 2.24) is 10.6 Å². The molecule has 5 saturated carbocycles. The zero-order valence-electron chi connectivity index (χ0n) is 35.0. The summed E-state index contributed by atoms with van der Waals surface area (Å²) in [6.45, 7) is 28.4. The van der Waals surface area contributed by atoms with E-state index in [0.29, 0.717) is 49.1 Å². The Morgan fingerprint density at radius 1 is 0.792 bits per heavy atom. The molecule has 0 bridgehead atoms. The van der Waals surface area contributed by atoms with Crippen LogP contribution in [0.5, 0.6) is 0 Å². The molecule has 0 radical (unpaired) electrons. The van der Waals surface area contributed by atoms with Gasteiger partial charge in [0.1, 0.15) is 11.7 Å². The molecule has 0 aromatic rings. The highest BCUT2D eigenvalue weighted by molar-refractivity contribution is 5.81. The summed E-state index contributed by atoms with van der Waals surface area (Å²) >= 11 is 0. The van der Waals surface area contributed by atoms with Crippen molar-refractivity contribution < 1.29 is 33.8 Å². The summed E-state index contributed by atoms with van der Waals surface area (Å²) in [5.41, 5.74) is -0.330. The van der Waals surface area contributed by atoms with Gasteiger partial charge in [0.2, 0.25) is 5.91 Å². The van der Waals surface area contributed by atoms with E-state index in [-0.39, 0.29) is 45.5 Å². The lowest BCUT2D eigenvalue weighted by atomic mass is 9.32. The van der Waals surface area contributed by atoms with Crippen molar-refractivity contribution in [3.63, 3.8) is 0 Å². The molecular formula is C44H72N2O7. The second-order valence-electron chi connectivity index (χ2n) is 21.2. The average Bonchev–Trinajstić information content (AvgIpc) is 3.39. The second-order valence-corrected chi connectivity index (χ2v) is 21.2. The average molecular weight is 741 g/mol. The van der Waals surface area contributed by atoms with Crippen LogP contribution in [0.4, 0.5) is 4.79 Å². The van der Waals surface area contributed by atoms with Gasteiger partial charge in [-0.25, -0.2) is 4.79 Å². The summed E-state index contributed by atoms with van der Waals surface area (Å²) < 4.78 is 11.5. The molecule has 5 aliphatic rings. The summed E-state index contributed by atoms with van der Waals surface area (Å²) in [7, 11) is 0. The van der Waals surface area contributed by atoms with E-state index in [1.165, 1.54) is 18.4 Å². The lowest BCUT2D eigenvalue weighted by Gasteiger charge is -2.73. The van der Waals surface area contributed by atoms with Crippen LogP contribution in [0.2, 0.25) is 0 Å². The van der Waals surface area contributed by atoms with E-state index in [1.54, 1.807) is 13.8 Å². The Morgan fingerprint density at radius 2 is 1.45 bits per heavy atom. The van der Waals surface area contributed by atoms with Crippen LogP contribution in [0, 0.1) is 62.1 Å². The molecule has 2 amide bonds. The normalized spacial score (nSPS) is 38.9. The predicted molar refractivity (Wildman–Crippen MR) is 207 cm³/mol. The van der Waals surface area contributed by atoms with Crippen LogP contribution in [0.25, 0.3) is 0 Å². The molecule has 300 valence electrons. The van der Waals surface area contributed by atoms with Crippen molar-refractivity contribution in [1.29, 1.82) is 0 Å². The van der Waals surface area contributed by atoms with E-state index in [1.807, 2.05) is 20.8 Å². The first kappa shape index (κ1) is 41.6. The van der Waals surface area contributed by atoms with E-state index in [4.69, 9.17) is 9.47 Å². The van der Waals surface area contributed by atoms with Crippen molar-refractivity contribution in [3.05, 3.63) is 12.2 Å². The lowest BCUT2D eigenvalue weighted by Crippen LogP contribution is -2.67. The minimum absolute atomic E-state index is 0.0418. The largest absolute Gasteiger partial charge is 0.481 e. The van der Waals surface area contributed by atoms with Crippen LogP contribution in [-0.2, 0) is 23.9 Å². The van der Waals surface area contributed by atoms with Gasteiger partial charge in [-0.2, -0.15) is 0 Å². The van der Waals surface area contributed by atoms with Gasteiger partial charge in [0, 0.05) is 24.9 Å². The van der Waals surface area contributed by atoms with Crippen LogP contribution in [0.1, 0.15) is 153 Å². The Bertz CT molecular complexity index is 1460. The van der Waals surface area contributed by atoms with Crippen LogP contribution >= 0.6 is 0 Å². The minimum atomic E-state index is -1.16. The zero-order chi connectivity index (χ0) is 39.6. The smallest absolute Gasteiger partial charge is 0.407 e. The molecular weight excluding hydrogens is 668 g/mol. The monoisotopic (exact) mass is 741 g/mol. The van der Waals surface area contributed by atoms with Gasteiger partial charge < -0.3 is 25.2 Å². The van der Waals surface area contributed by atoms with Gasteiger partial charge in [0.15, 0.2) is 0 Å². The number of carbonyl (C=O) groups excluding carboxylic acids is 3. The Labute approximate surface area is 319 Å². The number of amides is 2. The van der Waals surface area contributed by atoms with E-state index >= 15 is 0 Å². The molecule has 0 aromatic carbocycles. The fourth-order valence-electron chi connectivity index (χ4n) is 13.5. The third-order valence-corrected chi connectivity index (χ3v) is 16.2. The number of aliphatic carboxylic acids is 1. The van der Waals surface area contributed by atoms with E-state index in [0.717, 1.165) is 51.4 Å².